The summed E-state index contributed by atoms with van der Waals surface area (Å²) in [7, 11) is 0. The monoisotopic (exact) mass is 991 g/mol. The number of esters is 2. The van der Waals surface area contributed by atoms with Gasteiger partial charge in [0.1, 0.15) is 13.2 Å². The highest BCUT2D eigenvalue weighted by Gasteiger charge is 2.05. The molecule has 0 heterocycles. The van der Waals surface area contributed by atoms with Gasteiger partial charge in [-0.15, -0.1) is 0 Å². The van der Waals surface area contributed by atoms with Crippen molar-refractivity contribution < 1.29 is 61.7 Å². The van der Waals surface area contributed by atoms with Gasteiger partial charge in [0.15, 0.2) is 0 Å². The molecule has 0 saturated carbocycles. The molecule has 0 radical (unpaired) electrons. The van der Waals surface area contributed by atoms with Gasteiger partial charge in [0, 0.05) is 12.8 Å². The standard InChI is InChI=1S/C56H110O13/c1-53(2)29-25-21-17-13-9-5-7-11-15-19-23-27-31-55(57)68-51-49-66-47-45-64-43-41-62-39-37-60-35-33-59-34-36-61-38-40-63-42-44-65-46-48-67-50-52-69-56(58)32-28-24-20-16-12-8-6-10-14-18-22-26-30-54(3)4/h53-54H,5-52H2,1-4H3. The van der Waals surface area contributed by atoms with Crippen LogP contribution in [0.3, 0.4) is 0 Å². The van der Waals surface area contributed by atoms with Gasteiger partial charge >= 0.3 is 11.9 Å². The summed E-state index contributed by atoms with van der Waals surface area (Å²) in [5.74, 6) is 1.42. The lowest BCUT2D eigenvalue weighted by Gasteiger charge is -2.09. The first kappa shape index (κ1) is 67.6. The van der Waals surface area contributed by atoms with Gasteiger partial charge in [-0.2, -0.15) is 0 Å². The average molecular weight is 991 g/mol. The first-order valence-corrected chi connectivity index (χ1v) is 28.4. The zero-order chi connectivity index (χ0) is 50.0. The van der Waals surface area contributed by atoms with Gasteiger partial charge in [0.05, 0.1) is 119 Å². The number of rotatable bonds is 60. The molecule has 0 N–H and O–H groups in total. The largest absolute Gasteiger partial charge is 0.463 e. The number of hydrogen-bond acceptors (Lipinski definition) is 13. The van der Waals surface area contributed by atoms with Gasteiger partial charge in [0.2, 0.25) is 0 Å². The van der Waals surface area contributed by atoms with Crippen molar-refractivity contribution in [2.75, 3.05) is 132 Å². The molecule has 0 fully saturated rings. The molecular formula is C56H110O13. The summed E-state index contributed by atoms with van der Waals surface area (Å²) in [6.07, 6.45) is 34.7. The Balaban J connectivity index is 3.17. The first-order chi connectivity index (χ1) is 33.9. The van der Waals surface area contributed by atoms with Crippen LogP contribution in [0.25, 0.3) is 0 Å². The minimum absolute atomic E-state index is 0.133. The Labute approximate surface area is 423 Å². The highest BCUT2D eigenvalue weighted by molar-refractivity contribution is 5.69. The van der Waals surface area contributed by atoms with Gasteiger partial charge in [-0.05, 0) is 24.7 Å². The Morgan fingerprint density at radius 2 is 0.391 bits per heavy atom. The molecule has 0 atom stereocenters. The predicted octanol–water partition coefficient (Wildman–Crippen LogP) is 12.5. The Bertz CT molecular complexity index is 925. The Hall–Kier alpha value is -1.42. The zero-order valence-electron chi connectivity index (χ0n) is 45.4. The Morgan fingerprint density at radius 1 is 0.232 bits per heavy atom. The molecule has 13 nitrogen and oxygen atoms in total. The normalized spacial score (nSPS) is 11.7. The molecule has 0 aromatic carbocycles. The number of unbranched alkanes of at least 4 members (excludes halogenated alkanes) is 22. The van der Waals surface area contributed by atoms with Gasteiger partial charge in [-0.3, -0.25) is 9.59 Å². The fourth-order valence-electron chi connectivity index (χ4n) is 7.61. The van der Waals surface area contributed by atoms with Crippen LogP contribution >= 0.6 is 0 Å². The minimum atomic E-state index is -0.133. The summed E-state index contributed by atoms with van der Waals surface area (Å²) in [4.78, 5) is 23.9. The molecule has 0 aromatic rings. The molecule has 0 aromatic heterocycles. The molecule has 0 unspecified atom stereocenters. The van der Waals surface area contributed by atoms with Crippen LogP contribution < -0.4 is 0 Å². The topological polar surface area (TPSA) is 136 Å². The van der Waals surface area contributed by atoms with E-state index >= 15 is 0 Å². The van der Waals surface area contributed by atoms with Crippen LogP contribution in [0.4, 0.5) is 0 Å². The van der Waals surface area contributed by atoms with Crippen LogP contribution in [0.1, 0.15) is 207 Å². The lowest BCUT2D eigenvalue weighted by Crippen LogP contribution is -2.15. The van der Waals surface area contributed by atoms with E-state index in [1.165, 1.54) is 141 Å². The molecule has 0 bridgehead atoms. The van der Waals surface area contributed by atoms with Crippen molar-refractivity contribution in [3.05, 3.63) is 0 Å². The summed E-state index contributed by atoms with van der Waals surface area (Å²) in [6.45, 7) is 18.3. The maximum atomic E-state index is 11.9. The fraction of sp³-hybridized carbons (Fsp3) is 0.964. The predicted molar refractivity (Wildman–Crippen MR) is 278 cm³/mol. The van der Waals surface area contributed by atoms with Gasteiger partial charge < -0.3 is 52.1 Å². The van der Waals surface area contributed by atoms with Crippen molar-refractivity contribution in [2.24, 2.45) is 11.8 Å². The third-order valence-corrected chi connectivity index (χ3v) is 11.8. The van der Waals surface area contributed by atoms with E-state index in [9.17, 15) is 9.59 Å². The summed E-state index contributed by atoms with van der Waals surface area (Å²) in [5, 5.41) is 0. The second-order valence-corrected chi connectivity index (χ2v) is 19.3. The molecule has 13 heteroatoms. The van der Waals surface area contributed by atoms with Crippen LogP contribution in [0.15, 0.2) is 0 Å². The average Bonchev–Trinajstić information content (AvgIpc) is 3.33. The van der Waals surface area contributed by atoms with E-state index in [0.29, 0.717) is 132 Å². The van der Waals surface area contributed by atoms with Gasteiger partial charge in [-0.25, -0.2) is 0 Å². The second-order valence-electron chi connectivity index (χ2n) is 19.3. The van der Waals surface area contributed by atoms with Crippen molar-refractivity contribution in [1.82, 2.24) is 0 Å². The molecule has 0 saturated heterocycles. The van der Waals surface area contributed by atoms with E-state index in [4.69, 9.17) is 52.1 Å². The molecule has 0 spiro atoms. The summed E-state index contributed by atoms with van der Waals surface area (Å²) < 4.78 is 60.2. The SMILES string of the molecule is CC(C)CCCCCCCCCCCCCCC(=O)OCCOCCOCCOCCOCCOCCOCCOCCOCCOCCOC(=O)CCCCCCCCCCCCCCC(C)C. The first-order valence-electron chi connectivity index (χ1n) is 28.4. The number of carbonyl (C=O) groups excluding carboxylic acids is 2. The lowest BCUT2D eigenvalue weighted by molar-refractivity contribution is -0.146. The van der Waals surface area contributed by atoms with E-state index in [0.717, 1.165) is 37.5 Å². The van der Waals surface area contributed by atoms with Gasteiger partial charge in [-0.1, -0.05) is 182 Å². The third-order valence-electron chi connectivity index (χ3n) is 11.8. The number of carbonyl (C=O) groups is 2. The molecule has 0 aliphatic rings. The molecule has 0 aliphatic heterocycles. The van der Waals surface area contributed by atoms with Crippen molar-refractivity contribution in [2.45, 2.75) is 207 Å². The molecular weight excluding hydrogens is 881 g/mol. The quantitative estimate of drug-likeness (QED) is 0.0423. The van der Waals surface area contributed by atoms with Crippen molar-refractivity contribution in [3.8, 4) is 0 Å². The van der Waals surface area contributed by atoms with Crippen molar-refractivity contribution >= 4 is 11.9 Å². The molecule has 0 rings (SSSR count). The second kappa shape index (κ2) is 59.1. The summed E-state index contributed by atoms with van der Waals surface area (Å²) >= 11 is 0. The summed E-state index contributed by atoms with van der Waals surface area (Å²) in [5.41, 5.74) is 0. The number of ether oxygens (including phenoxy) is 11. The minimum Gasteiger partial charge on any atom is -0.463 e. The highest BCUT2D eigenvalue weighted by atomic mass is 16.6. The van der Waals surface area contributed by atoms with E-state index in [2.05, 4.69) is 27.7 Å². The Morgan fingerprint density at radius 3 is 0.580 bits per heavy atom. The highest BCUT2D eigenvalue weighted by Crippen LogP contribution is 2.16. The van der Waals surface area contributed by atoms with Crippen LogP contribution in [-0.2, 0) is 61.7 Å². The maximum absolute atomic E-state index is 11.9. The smallest absolute Gasteiger partial charge is 0.305 e. The third kappa shape index (κ3) is 62.6. The summed E-state index contributed by atoms with van der Waals surface area (Å²) in [6, 6.07) is 0. The van der Waals surface area contributed by atoms with Crippen LogP contribution in [-0.4, -0.2) is 144 Å². The van der Waals surface area contributed by atoms with E-state index in [1.807, 2.05) is 0 Å². The van der Waals surface area contributed by atoms with E-state index in [-0.39, 0.29) is 25.2 Å². The molecule has 0 aliphatic carbocycles. The van der Waals surface area contributed by atoms with Crippen LogP contribution in [0, 0.1) is 11.8 Å². The van der Waals surface area contributed by atoms with Gasteiger partial charge in [0.25, 0.3) is 0 Å². The van der Waals surface area contributed by atoms with E-state index < -0.39 is 0 Å². The maximum Gasteiger partial charge on any atom is 0.305 e. The van der Waals surface area contributed by atoms with Crippen LogP contribution in [0.5, 0.6) is 0 Å². The molecule has 69 heavy (non-hydrogen) atoms. The molecule has 412 valence electrons. The fourth-order valence-corrected chi connectivity index (χ4v) is 7.61. The lowest BCUT2D eigenvalue weighted by atomic mass is 10.0. The molecule has 0 amide bonds. The van der Waals surface area contributed by atoms with Crippen molar-refractivity contribution in [3.63, 3.8) is 0 Å². The van der Waals surface area contributed by atoms with Crippen LogP contribution in [0.2, 0.25) is 0 Å². The zero-order valence-corrected chi connectivity index (χ0v) is 45.4. The Kier molecular flexibility index (Phi) is 57.9. The van der Waals surface area contributed by atoms with E-state index in [1.54, 1.807) is 0 Å². The van der Waals surface area contributed by atoms with Crippen molar-refractivity contribution in [1.29, 1.82) is 0 Å². The number of hydrogen-bond donors (Lipinski definition) is 0.